The Morgan fingerprint density at radius 1 is 1.26 bits per heavy atom. The average Bonchev–Trinajstić information content (AvgIpc) is 3.45. The van der Waals surface area contributed by atoms with Gasteiger partial charge in [-0.2, -0.15) is 0 Å². The first-order valence-corrected chi connectivity index (χ1v) is 13.0. The summed E-state index contributed by atoms with van der Waals surface area (Å²) in [5.41, 5.74) is -0.887. The van der Waals surface area contributed by atoms with Crippen molar-refractivity contribution in [3.05, 3.63) is 51.0 Å². The summed E-state index contributed by atoms with van der Waals surface area (Å²) in [4.78, 5) is 55.0. The fraction of sp³-hybridized carbons (Fsp3) is 0.320. The molecule has 5 rings (SSSR count). The SMILES string of the molecule is COc1cc2sc(C(C)(C)NC(=O)Nc3ccc4c(c3F)CN(C3CCC(=O)NC3=O)C4=O)nc2c(Cl)c1F. The molecule has 0 spiro atoms. The number of halogens is 3. The number of imide groups is 1. The molecule has 0 saturated carbocycles. The van der Waals surface area contributed by atoms with E-state index >= 15 is 4.39 Å². The summed E-state index contributed by atoms with van der Waals surface area (Å²) in [6, 6.07) is 2.47. The Morgan fingerprint density at radius 2 is 2.00 bits per heavy atom. The van der Waals surface area contributed by atoms with Crippen molar-refractivity contribution in [2.45, 2.75) is 44.8 Å². The second-order valence-corrected chi connectivity index (χ2v) is 11.0. The van der Waals surface area contributed by atoms with Crippen molar-refractivity contribution in [1.82, 2.24) is 20.5 Å². The van der Waals surface area contributed by atoms with Gasteiger partial charge in [0.1, 0.15) is 21.6 Å². The van der Waals surface area contributed by atoms with Gasteiger partial charge in [-0.15, -0.1) is 11.3 Å². The fourth-order valence-electron chi connectivity index (χ4n) is 4.59. The Hall–Kier alpha value is -3.84. The number of fused-ring (bicyclic) bond motifs is 2. The molecule has 3 heterocycles. The van der Waals surface area contributed by atoms with Crippen LogP contribution in [-0.2, 0) is 21.7 Å². The zero-order chi connectivity index (χ0) is 28.2. The topological polar surface area (TPSA) is 130 Å². The number of piperidine rings is 1. The zero-order valence-electron chi connectivity index (χ0n) is 20.9. The number of urea groups is 1. The molecule has 204 valence electrons. The third kappa shape index (κ3) is 4.65. The first kappa shape index (κ1) is 26.8. The highest BCUT2D eigenvalue weighted by atomic mass is 35.5. The Kier molecular flexibility index (Phi) is 6.67. The third-order valence-corrected chi connectivity index (χ3v) is 8.28. The van der Waals surface area contributed by atoms with E-state index in [9.17, 15) is 23.6 Å². The van der Waals surface area contributed by atoms with Crippen molar-refractivity contribution in [2.24, 2.45) is 0 Å². The number of ether oxygens (including phenoxy) is 1. The lowest BCUT2D eigenvalue weighted by Crippen LogP contribution is -2.52. The lowest BCUT2D eigenvalue weighted by molar-refractivity contribution is -0.136. The molecule has 14 heteroatoms. The van der Waals surface area contributed by atoms with Gasteiger partial charge in [-0.05, 0) is 32.4 Å². The Labute approximate surface area is 229 Å². The minimum atomic E-state index is -1.06. The number of carbonyl (C=O) groups is 4. The van der Waals surface area contributed by atoms with E-state index in [1.54, 1.807) is 13.8 Å². The lowest BCUT2D eigenvalue weighted by atomic mass is 10.0. The van der Waals surface area contributed by atoms with Gasteiger partial charge in [0.05, 0.1) is 29.6 Å². The number of amides is 5. The van der Waals surface area contributed by atoms with Crippen molar-refractivity contribution < 1.29 is 32.7 Å². The normalized spacial score (nSPS) is 17.3. The van der Waals surface area contributed by atoms with Gasteiger partial charge in [-0.1, -0.05) is 11.6 Å². The molecular formula is C25H22ClF2N5O5S. The van der Waals surface area contributed by atoms with Crippen LogP contribution in [0.5, 0.6) is 5.75 Å². The van der Waals surface area contributed by atoms with Crippen LogP contribution in [-0.4, -0.2) is 46.8 Å². The number of rotatable bonds is 5. The molecule has 1 fully saturated rings. The number of nitrogens with one attached hydrogen (secondary N) is 3. The smallest absolute Gasteiger partial charge is 0.320 e. The van der Waals surface area contributed by atoms with E-state index in [1.807, 2.05) is 0 Å². The number of carbonyl (C=O) groups excluding carboxylic acids is 4. The summed E-state index contributed by atoms with van der Waals surface area (Å²) in [5.74, 6) is -3.14. The highest BCUT2D eigenvalue weighted by molar-refractivity contribution is 7.18. The maximum Gasteiger partial charge on any atom is 0.320 e. The van der Waals surface area contributed by atoms with Crippen LogP contribution in [0.4, 0.5) is 19.3 Å². The summed E-state index contributed by atoms with van der Waals surface area (Å²) < 4.78 is 35.3. The molecule has 39 heavy (non-hydrogen) atoms. The van der Waals surface area contributed by atoms with Crippen molar-refractivity contribution in [1.29, 1.82) is 0 Å². The molecule has 2 aliphatic heterocycles. The van der Waals surface area contributed by atoms with Crippen molar-refractivity contribution >= 4 is 62.6 Å². The van der Waals surface area contributed by atoms with Crippen LogP contribution in [0.3, 0.4) is 0 Å². The van der Waals surface area contributed by atoms with E-state index in [2.05, 4.69) is 20.9 Å². The van der Waals surface area contributed by atoms with Crippen molar-refractivity contribution in [3.8, 4) is 5.75 Å². The van der Waals surface area contributed by atoms with Gasteiger partial charge in [0, 0.05) is 23.6 Å². The second kappa shape index (κ2) is 9.72. The number of hydrogen-bond donors (Lipinski definition) is 3. The van der Waals surface area contributed by atoms with Crippen LogP contribution >= 0.6 is 22.9 Å². The number of benzene rings is 2. The molecule has 3 N–H and O–H groups in total. The van der Waals surface area contributed by atoms with Gasteiger partial charge in [0.15, 0.2) is 17.4 Å². The molecule has 0 radical (unpaired) electrons. The van der Waals surface area contributed by atoms with Crippen molar-refractivity contribution in [2.75, 3.05) is 12.4 Å². The van der Waals surface area contributed by atoms with Crippen LogP contribution in [0.25, 0.3) is 10.2 Å². The lowest BCUT2D eigenvalue weighted by Gasteiger charge is -2.29. The van der Waals surface area contributed by atoms with Gasteiger partial charge in [-0.25, -0.2) is 18.6 Å². The highest BCUT2D eigenvalue weighted by Gasteiger charge is 2.40. The number of anilines is 1. The molecule has 1 atom stereocenters. The van der Waals surface area contributed by atoms with E-state index in [0.717, 1.165) is 0 Å². The monoisotopic (exact) mass is 577 g/mol. The molecule has 0 aliphatic carbocycles. The molecule has 1 aromatic heterocycles. The number of aromatic nitrogens is 1. The van der Waals surface area contributed by atoms with Crippen LogP contribution in [0.1, 0.15) is 47.6 Å². The molecule has 2 aliphatic rings. The summed E-state index contributed by atoms with van der Waals surface area (Å²) in [6.07, 6.45) is 0.218. The number of methoxy groups -OCH3 is 1. The zero-order valence-corrected chi connectivity index (χ0v) is 22.5. The molecule has 1 saturated heterocycles. The molecule has 2 aromatic carbocycles. The molecule has 10 nitrogen and oxygen atoms in total. The first-order valence-electron chi connectivity index (χ1n) is 11.8. The van der Waals surface area contributed by atoms with E-state index < -0.39 is 47.0 Å². The molecular weight excluding hydrogens is 556 g/mol. The second-order valence-electron chi connectivity index (χ2n) is 9.63. The van der Waals surface area contributed by atoms with E-state index in [1.165, 1.54) is 41.5 Å². The van der Waals surface area contributed by atoms with E-state index in [4.69, 9.17) is 16.3 Å². The molecule has 1 unspecified atom stereocenters. The molecule has 3 aromatic rings. The quantitative estimate of drug-likeness (QED) is 0.392. The van der Waals surface area contributed by atoms with Crippen LogP contribution < -0.4 is 20.7 Å². The van der Waals surface area contributed by atoms with E-state index in [-0.39, 0.29) is 52.5 Å². The average molecular weight is 578 g/mol. The summed E-state index contributed by atoms with van der Waals surface area (Å²) in [7, 11) is 1.32. The molecule has 5 amide bonds. The number of nitrogens with zero attached hydrogens (tertiary/aromatic N) is 2. The van der Waals surface area contributed by atoms with Crippen LogP contribution in [0, 0.1) is 11.6 Å². The van der Waals surface area contributed by atoms with Crippen molar-refractivity contribution in [3.63, 3.8) is 0 Å². The van der Waals surface area contributed by atoms with Gasteiger partial charge in [0.25, 0.3) is 5.91 Å². The fourth-order valence-corrected chi connectivity index (χ4v) is 5.94. The maximum absolute atomic E-state index is 15.4. The Balaban J connectivity index is 1.33. The predicted molar refractivity (Wildman–Crippen MR) is 139 cm³/mol. The highest BCUT2D eigenvalue weighted by Crippen LogP contribution is 2.39. The van der Waals surface area contributed by atoms with E-state index in [0.29, 0.717) is 9.71 Å². The number of thiazole rings is 1. The minimum absolute atomic E-state index is 0.0343. The van der Waals surface area contributed by atoms with Gasteiger partial charge < -0.3 is 20.3 Å². The number of hydrogen-bond acceptors (Lipinski definition) is 7. The largest absolute Gasteiger partial charge is 0.494 e. The summed E-state index contributed by atoms with van der Waals surface area (Å²) in [5, 5.41) is 7.59. The van der Waals surface area contributed by atoms with Gasteiger partial charge in [0.2, 0.25) is 11.8 Å². The summed E-state index contributed by atoms with van der Waals surface area (Å²) in [6.45, 7) is 3.16. The van der Waals surface area contributed by atoms with Gasteiger partial charge >= 0.3 is 6.03 Å². The predicted octanol–water partition coefficient (Wildman–Crippen LogP) is 4.05. The Bertz CT molecular complexity index is 1580. The minimum Gasteiger partial charge on any atom is -0.494 e. The van der Waals surface area contributed by atoms with Crippen LogP contribution in [0.15, 0.2) is 18.2 Å². The third-order valence-electron chi connectivity index (χ3n) is 6.61. The molecule has 0 bridgehead atoms. The van der Waals surface area contributed by atoms with Crippen LogP contribution in [0.2, 0.25) is 5.02 Å². The summed E-state index contributed by atoms with van der Waals surface area (Å²) >= 11 is 7.30. The van der Waals surface area contributed by atoms with Gasteiger partial charge in [-0.3, -0.25) is 19.7 Å². The Morgan fingerprint density at radius 3 is 2.69 bits per heavy atom. The standard InChI is InChI=1S/C25H22ClF2N5O5S/c1-25(2,23-31-20-15(39-23)8-14(38-3)19(28)17(20)26)32-24(37)29-12-5-4-10-11(18(12)27)9-33(22(10)36)13-6-7-16(34)30-21(13)35/h4-5,8,13H,6-7,9H2,1-3H3,(H2,29,32,37)(H,30,34,35). The maximum atomic E-state index is 15.4. The first-order chi connectivity index (χ1) is 18.4.